The molecule has 17 heavy (non-hydrogen) atoms. The van der Waals surface area contributed by atoms with Gasteiger partial charge in [-0.1, -0.05) is 30.3 Å². The number of pyridine rings is 1. The van der Waals surface area contributed by atoms with Gasteiger partial charge in [-0.2, -0.15) is 0 Å². The van der Waals surface area contributed by atoms with E-state index in [-0.39, 0.29) is 0 Å². The molecule has 0 bridgehead atoms. The van der Waals surface area contributed by atoms with Crippen LogP contribution in [0.4, 0.5) is 0 Å². The Kier molecular flexibility index (Phi) is 3.31. The molecule has 0 aliphatic rings. The lowest BCUT2D eigenvalue weighted by atomic mass is 10.1. The van der Waals surface area contributed by atoms with Crippen LogP contribution >= 0.6 is 0 Å². The zero-order valence-electron chi connectivity index (χ0n) is 9.21. The van der Waals surface area contributed by atoms with Crippen molar-refractivity contribution < 1.29 is 4.79 Å². The van der Waals surface area contributed by atoms with E-state index in [9.17, 15) is 4.79 Å². The van der Waals surface area contributed by atoms with Crippen molar-refractivity contribution >= 4 is 12.0 Å². The van der Waals surface area contributed by atoms with Crippen LogP contribution in [0.25, 0.3) is 17.2 Å². The molecule has 0 atom stereocenters. The summed E-state index contributed by atoms with van der Waals surface area (Å²) in [5.74, 6) is -0.443. The molecule has 0 spiro atoms. The van der Waals surface area contributed by atoms with Crippen molar-refractivity contribution in [3.05, 3.63) is 60.4 Å². The molecular formula is C14H12N2O. The Labute approximate surface area is 99.6 Å². The summed E-state index contributed by atoms with van der Waals surface area (Å²) in [6.07, 6.45) is 6.59. The van der Waals surface area contributed by atoms with Crippen molar-refractivity contribution in [2.24, 2.45) is 5.73 Å². The van der Waals surface area contributed by atoms with E-state index in [0.717, 1.165) is 16.7 Å². The van der Waals surface area contributed by atoms with E-state index >= 15 is 0 Å². The van der Waals surface area contributed by atoms with E-state index in [2.05, 4.69) is 4.98 Å². The molecule has 1 aromatic carbocycles. The highest BCUT2D eigenvalue weighted by molar-refractivity contribution is 5.90. The summed E-state index contributed by atoms with van der Waals surface area (Å²) in [6.45, 7) is 0. The van der Waals surface area contributed by atoms with Crippen molar-refractivity contribution in [1.29, 1.82) is 0 Å². The normalized spacial score (nSPS) is 10.6. The van der Waals surface area contributed by atoms with Gasteiger partial charge in [0.05, 0.1) is 0 Å². The molecule has 1 aromatic heterocycles. The van der Waals surface area contributed by atoms with E-state index in [1.165, 1.54) is 6.08 Å². The van der Waals surface area contributed by atoms with Gasteiger partial charge in [0.15, 0.2) is 0 Å². The highest BCUT2D eigenvalue weighted by Crippen LogP contribution is 2.18. The van der Waals surface area contributed by atoms with Gasteiger partial charge in [0.1, 0.15) is 0 Å². The van der Waals surface area contributed by atoms with Crippen LogP contribution in [0, 0.1) is 0 Å². The minimum Gasteiger partial charge on any atom is -0.366 e. The second-order valence-electron chi connectivity index (χ2n) is 3.60. The van der Waals surface area contributed by atoms with Crippen molar-refractivity contribution in [2.45, 2.75) is 0 Å². The predicted molar refractivity (Wildman–Crippen MR) is 67.9 cm³/mol. The number of carbonyl (C=O) groups excluding carboxylic acids is 1. The number of carbonyl (C=O) groups is 1. The van der Waals surface area contributed by atoms with Crippen LogP contribution in [0.15, 0.2) is 54.9 Å². The van der Waals surface area contributed by atoms with Gasteiger partial charge in [-0.05, 0) is 28.8 Å². The van der Waals surface area contributed by atoms with Gasteiger partial charge < -0.3 is 5.73 Å². The molecule has 3 nitrogen and oxygen atoms in total. The second-order valence-corrected chi connectivity index (χ2v) is 3.60. The summed E-state index contributed by atoms with van der Waals surface area (Å²) in [7, 11) is 0. The molecule has 2 rings (SSSR count). The molecule has 0 unspecified atom stereocenters. The van der Waals surface area contributed by atoms with Crippen molar-refractivity contribution in [3.8, 4) is 11.1 Å². The van der Waals surface area contributed by atoms with E-state index in [4.69, 9.17) is 5.73 Å². The van der Waals surface area contributed by atoms with Crippen LogP contribution in [0.5, 0.6) is 0 Å². The number of benzene rings is 1. The summed E-state index contributed by atoms with van der Waals surface area (Å²) in [5.41, 5.74) is 8.13. The third-order valence-corrected chi connectivity index (χ3v) is 2.35. The fourth-order valence-electron chi connectivity index (χ4n) is 1.50. The fourth-order valence-corrected chi connectivity index (χ4v) is 1.50. The molecule has 2 N–H and O–H groups in total. The van der Waals surface area contributed by atoms with Gasteiger partial charge in [0.2, 0.25) is 5.91 Å². The summed E-state index contributed by atoms with van der Waals surface area (Å²) >= 11 is 0. The van der Waals surface area contributed by atoms with Crippen molar-refractivity contribution in [2.75, 3.05) is 0 Å². The number of hydrogen-bond donors (Lipinski definition) is 1. The summed E-state index contributed by atoms with van der Waals surface area (Å²) in [5, 5.41) is 0. The quantitative estimate of drug-likeness (QED) is 0.813. The van der Waals surface area contributed by atoms with Crippen LogP contribution in [0.2, 0.25) is 0 Å². The molecule has 0 aliphatic carbocycles. The van der Waals surface area contributed by atoms with Gasteiger partial charge in [0, 0.05) is 18.5 Å². The molecular weight excluding hydrogens is 212 g/mol. The highest BCUT2D eigenvalue weighted by atomic mass is 16.1. The van der Waals surface area contributed by atoms with E-state index in [1.54, 1.807) is 12.3 Å². The average molecular weight is 224 g/mol. The Morgan fingerprint density at radius 2 is 1.88 bits per heavy atom. The number of primary amides is 1. The van der Waals surface area contributed by atoms with Crippen LogP contribution in [-0.2, 0) is 4.79 Å². The summed E-state index contributed by atoms with van der Waals surface area (Å²) in [4.78, 5) is 14.7. The largest absolute Gasteiger partial charge is 0.366 e. The minimum absolute atomic E-state index is 0.443. The number of hydrogen-bond acceptors (Lipinski definition) is 2. The Morgan fingerprint density at radius 3 is 2.47 bits per heavy atom. The molecule has 3 heteroatoms. The fraction of sp³-hybridized carbons (Fsp3) is 0. The van der Waals surface area contributed by atoms with Crippen LogP contribution in [0.1, 0.15) is 5.56 Å². The molecule has 1 heterocycles. The number of amides is 1. The first kappa shape index (κ1) is 11.1. The van der Waals surface area contributed by atoms with E-state index < -0.39 is 5.91 Å². The molecule has 84 valence electrons. The zero-order chi connectivity index (χ0) is 12.1. The topological polar surface area (TPSA) is 56.0 Å². The maximum Gasteiger partial charge on any atom is 0.241 e. The summed E-state index contributed by atoms with van der Waals surface area (Å²) < 4.78 is 0. The molecule has 0 radical (unpaired) electrons. The Hall–Kier alpha value is -2.42. The number of nitrogens with two attached hydrogens (primary N) is 1. The Morgan fingerprint density at radius 1 is 1.12 bits per heavy atom. The van der Waals surface area contributed by atoms with E-state index in [0.29, 0.717) is 0 Å². The molecule has 0 aliphatic heterocycles. The maximum absolute atomic E-state index is 10.6. The molecule has 0 fully saturated rings. The predicted octanol–water partition coefficient (Wildman–Crippen LogP) is 2.25. The first-order chi connectivity index (χ1) is 8.25. The third kappa shape index (κ3) is 3.01. The number of nitrogens with zero attached hydrogens (tertiary/aromatic N) is 1. The first-order valence-electron chi connectivity index (χ1n) is 5.24. The average Bonchev–Trinajstić information content (AvgIpc) is 2.38. The molecule has 0 saturated heterocycles. The van der Waals surface area contributed by atoms with Crippen LogP contribution in [-0.4, -0.2) is 10.9 Å². The second kappa shape index (κ2) is 5.07. The SMILES string of the molecule is NC(=O)/C=C\c1ccc(-c2cccnc2)cc1. The maximum atomic E-state index is 10.6. The first-order valence-corrected chi connectivity index (χ1v) is 5.24. The highest BCUT2D eigenvalue weighted by Gasteiger charge is 1.96. The minimum atomic E-state index is -0.443. The van der Waals surface area contributed by atoms with Gasteiger partial charge in [-0.15, -0.1) is 0 Å². The van der Waals surface area contributed by atoms with Gasteiger partial charge in [0.25, 0.3) is 0 Å². The van der Waals surface area contributed by atoms with Gasteiger partial charge in [-0.3, -0.25) is 9.78 Å². The number of rotatable bonds is 3. The van der Waals surface area contributed by atoms with E-state index in [1.807, 2.05) is 42.6 Å². The van der Waals surface area contributed by atoms with Crippen LogP contribution < -0.4 is 5.73 Å². The lowest BCUT2D eigenvalue weighted by molar-refractivity contribution is -0.113. The monoisotopic (exact) mass is 224 g/mol. The standard InChI is InChI=1S/C14H12N2O/c15-14(17)8-5-11-3-6-12(7-4-11)13-2-1-9-16-10-13/h1-10H,(H2,15,17)/b8-5-. The van der Waals surface area contributed by atoms with Crippen molar-refractivity contribution in [1.82, 2.24) is 4.98 Å². The Bertz CT molecular complexity index is 530. The third-order valence-electron chi connectivity index (χ3n) is 2.35. The molecule has 1 amide bonds. The van der Waals surface area contributed by atoms with Gasteiger partial charge in [-0.25, -0.2) is 0 Å². The Balaban J connectivity index is 2.22. The zero-order valence-corrected chi connectivity index (χ0v) is 9.21. The molecule has 0 saturated carbocycles. The van der Waals surface area contributed by atoms with Crippen molar-refractivity contribution in [3.63, 3.8) is 0 Å². The lowest BCUT2D eigenvalue weighted by Crippen LogP contribution is -2.04. The smallest absolute Gasteiger partial charge is 0.241 e. The molecule has 2 aromatic rings. The summed E-state index contributed by atoms with van der Waals surface area (Å²) in [6, 6.07) is 11.7. The lowest BCUT2D eigenvalue weighted by Gasteiger charge is -2.00. The number of aromatic nitrogens is 1. The van der Waals surface area contributed by atoms with Crippen LogP contribution in [0.3, 0.4) is 0 Å². The van der Waals surface area contributed by atoms with Gasteiger partial charge >= 0.3 is 0 Å².